The highest BCUT2D eigenvalue weighted by Crippen LogP contribution is 2.35. The summed E-state index contributed by atoms with van der Waals surface area (Å²) in [6.07, 6.45) is 3.09. The predicted molar refractivity (Wildman–Crippen MR) is 162 cm³/mol. The first-order valence-electron chi connectivity index (χ1n) is 14.1. The molecule has 1 unspecified atom stereocenters. The minimum Gasteiger partial charge on any atom is -0.330 e. The van der Waals surface area contributed by atoms with Crippen LogP contribution in [0.5, 0.6) is 0 Å². The van der Waals surface area contributed by atoms with E-state index in [1.807, 2.05) is 120 Å². The number of carbonyl (C=O) groups excluding carboxylic acids is 3. The van der Waals surface area contributed by atoms with Gasteiger partial charge in [0.1, 0.15) is 6.04 Å². The van der Waals surface area contributed by atoms with Crippen LogP contribution in [0.15, 0.2) is 91.0 Å². The summed E-state index contributed by atoms with van der Waals surface area (Å²) in [4.78, 5) is 44.9. The van der Waals surface area contributed by atoms with Gasteiger partial charge >= 0.3 is 0 Å². The van der Waals surface area contributed by atoms with E-state index >= 15 is 0 Å². The topological polar surface area (TPSA) is 57.7 Å². The third-order valence-corrected chi connectivity index (χ3v) is 7.70. The number of nitrogens with zero attached hydrogens (tertiary/aromatic N) is 2. The van der Waals surface area contributed by atoms with Gasteiger partial charge in [-0.05, 0) is 73.6 Å². The van der Waals surface area contributed by atoms with Crippen molar-refractivity contribution in [1.29, 1.82) is 0 Å². The molecule has 0 spiro atoms. The monoisotopic (exact) mass is 536 g/mol. The number of hydrogen-bond acceptors (Lipinski definition) is 3. The van der Waals surface area contributed by atoms with Gasteiger partial charge in [-0.25, -0.2) is 0 Å². The zero-order valence-corrected chi connectivity index (χ0v) is 24.3. The van der Waals surface area contributed by atoms with Gasteiger partial charge in [-0.2, -0.15) is 0 Å². The third-order valence-electron chi connectivity index (χ3n) is 7.70. The quantitative estimate of drug-likeness (QED) is 0.282. The van der Waals surface area contributed by atoms with E-state index in [2.05, 4.69) is 0 Å². The van der Waals surface area contributed by atoms with E-state index < -0.39 is 17.4 Å². The summed E-state index contributed by atoms with van der Waals surface area (Å²) in [6.45, 7) is 10.4. The molecule has 2 amide bonds. The van der Waals surface area contributed by atoms with Crippen molar-refractivity contribution in [3.63, 3.8) is 0 Å². The molecule has 0 bridgehead atoms. The standard InChI is InChI=1S/C35H40N2O3/c1-25-18-20-27(21-19-25)26(2)23-30(38)24-31(35(3,4)5)33(39)36-22-12-17-32(36)34(40)37(28-13-8-6-9-14-28)29-15-10-7-11-16-29/h6-11,13-16,18-21,23,31-32H,12,17,22,24H2,1-5H3/b26-23+/t31?,32-/m0/s1. The first-order chi connectivity index (χ1) is 19.1. The molecule has 2 atom stereocenters. The van der Waals surface area contributed by atoms with Crippen LogP contribution in [0.4, 0.5) is 11.4 Å². The first-order valence-corrected chi connectivity index (χ1v) is 14.1. The van der Waals surface area contributed by atoms with Gasteiger partial charge in [0.15, 0.2) is 5.78 Å². The van der Waals surface area contributed by atoms with E-state index in [0.29, 0.717) is 13.0 Å². The molecule has 0 radical (unpaired) electrons. The van der Waals surface area contributed by atoms with Crippen LogP contribution in [0.1, 0.15) is 58.1 Å². The van der Waals surface area contributed by atoms with Gasteiger partial charge in [0.25, 0.3) is 5.91 Å². The van der Waals surface area contributed by atoms with Crippen LogP contribution in [0, 0.1) is 18.3 Å². The molecule has 1 saturated heterocycles. The van der Waals surface area contributed by atoms with Crippen molar-refractivity contribution in [2.75, 3.05) is 11.4 Å². The average molecular weight is 537 g/mol. The van der Waals surface area contributed by atoms with Gasteiger partial charge in [-0.1, -0.05) is 87.0 Å². The Morgan fingerprint density at radius 3 is 1.98 bits per heavy atom. The van der Waals surface area contributed by atoms with E-state index in [9.17, 15) is 14.4 Å². The second-order valence-electron chi connectivity index (χ2n) is 11.8. The van der Waals surface area contributed by atoms with Crippen molar-refractivity contribution in [3.05, 3.63) is 102 Å². The zero-order chi connectivity index (χ0) is 28.9. The maximum atomic E-state index is 14.1. The Hall–Kier alpha value is -3.99. The largest absolute Gasteiger partial charge is 0.330 e. The number of para-hydroxylation sites is 2. The van der Waals surface area contributed by atoms with Crippen LogP contribution in [0.3, 0.4) is 0 Å². The first kappa shape index (κ1) is 29.0. The van der Waals surface area contributed by atoms with E-state index in [4.69, 9.17) is 0 Å². The van der Waals surface area contributed by atoms with Gasteiger partial charge in [0.2, 0.25) is 5.91 Å². The van der Waals surface area contributed by atoms with Crippen molar-refractivity contribution in [3.8, 4) is 0 Å². The van der Waals surface area contributed by atoms with Gasteiger partial charge in [-0.3, -0.25) is 19.3 Å². The summed E-state index contributed by atoms with van der Waals surface area (Å²) < 4.78 is 0. The Morgan fingerprint density at radius 2 is 1.45 bits per heavy atom. The molecular weight excluding hydrogens is 496 g/mol. The molecule has 1 aliphatic rings. The van der Waals surface area contributed by atoms with Crippen LogP contribution >= 0.6 is 0 Å². The molecule has 0 aliphatic carbocycles. The average Bonchev–Trinajstić information content (AvgIpc) is 3.43. The molecule has 0 N–H and O–H groups in total. The minimum absolute atomic E-state index is 0.0800. The molecular formula is C35H40N2O3. The Kier molecular flexibility index (Phi) is 9.03. The van der Waals surface area contributed by atoms with Crippen LogP contribution in [0.2, 0.25) is 0 Å². The lowest BCUT2D eigenvalue weighted by molar-refractivity contribution is -0.145. The van der Waals surface area contributed by atoms with Crippen LogP contribution in [-0.2, 0) is 14.4 Å². The highest BCUT2D eigenvalue weighted by Gasteiger charge is 2.43. The second kappa shape index (κ2) is 12.5. The predicted octanol–water partition coefficient (Wildman–Crippen LogP) is 7.38. The van der Waals surface area contributed by atoms with Gasteiger partial charge in [0, 0.05) is 24.3 Å². The maximum Gasteiger partial charge on any atom is 0.254 e. The van der Waals surface area contributed by atoms with Crippen LogP contribution in [0.25, 0.3) is 5.57 Å². The smallest absolute Gasteiger partial charge is 0.254 e. The number of anilines is 2. The molecule has 1 heterocycles. The summed E-state index contributed by atoms with van der Waals surface area (Å²) in [7, 11) is 0. The molecule has 1 fully saturated rings. The summed E-state index contributed by atoms with van der Waals surface area (Å²) in [5, 5.41) is 0. The number of ketones is 1. The number of hydrogen-bond donors (Lipinski definition) is 0. The number of amides is 2. The Labute approximate surface area is 238 Å². The Bertz CT molecular complexity index is 1320. The summed E-state index contributed by atoms with van der Waals surface area (Å²) in [5.41, 5.74) is 4.10. The number of aryl methyl sites for hydroxylation is 1. The number of carbonyl (C=O) groups is 3. The number of allylic oxidation sites excluding steroid dienone is 2. The molecule has 208 valence electrons. The molecule has 4 rings (SSSR count). The summed E-state index contributed by atoms with van der Waals surface area (Å²) in [5.74, 6) is -0.877. The highest BCUT2D eigenvalue weighted by molar-refractivity contribution is 6.05. The molecule has 0 saturated carbocycles. The molecule has 5 heteroatoms. The molecule has 0 aromatic heterocycles. The van der Waals surface area contributed by atoms with Gasteiger partial charge < -0.3 is 4.90 Å². The van der Waals surface area contributed by atoms with Crippen molar-refractivity contribution >= 4 is 34.5 Å². The fraction of sp³-hybridized carbons (Fsp3) is 0.343. The Balaban J connectivity index is 1.58. The Morgan fingerprint density at radius 1 is 0.900 bits per heavy atom. The summed E-state index contributed by atoms with van der Waals surface area (Å²) >= 11 is 0. The second-order valence-corrected chi connectivity index (χ2v) is 11.8. The van der Waals surface area contributed by atoms with Gasteiger partial charge in [-0.15, -0.1) is 0 Å². The molecule has 3 aromatic carbocycles. The fourth-order valence-electron chi connectivity index (χ4n) is 5.36. The maximum absolute atomic E-state index is 14.1. The van der Waals surface area contributed by atoms with Crippen molar-refractivity contribution in [1.82, 2.24) is 4.90 Å². The lowest BCUT2D eigenvalue weighted by atomic mass is 9.76. The van der Waals surface area contributed by atoms with Crippen molar-refractivity contribution < 1.29 is 14.4 Å². The molecule has 40 heavy (non-hydrogen) atoms. The fourth-order valence-corrected chi connectivity index (χ4v) is 5.36. The number of rotatable bonds is 8. The van der Waals surface area contributed by atoms with E-state index in [1.54, 1.807) is 15.9 Å². The number of benzene rings is 3. The zero-order valence-electron chi connectivity index (χ0n) is 24.3. The van der Waals surface area contributed by atoms with Crippen LogP contribution in [-0.4, -0.2) is 35.1 Å². The third kappa shape index (κ3) is 6.77. The van der Waals surface area contributed by atoms with Crippen LogP contribution < -0.4 is 4.90 Å². The molecule has 5 nitrogen and oxygen atoms in total. The minimum atomic E-state index is -0.585. The van der Waals surface area contributed by atoms with E-state index in [-0.39, 0.29) is 24.0 Å². The summed E-state index contributed by atoms with van der Waals surface area (Å²) in [6, 6.07) is 26.6. The lowest BCUT2D eigenvalue weighted by Gasteiger charge is -2.36. The van der Waals surface area contributed by atoms with Crippen molar-refractivity contribution in [2.24, 2.45) is 11.3 Å². The van der Waals surface area contributed by atoms with E-state index in [0.717, 1.165) is 34.5 Å². The molecule has 1 aliphatic heterocycles. The van der Waals surface area contributed by atoms with E-state index in [1.165, 1.54) is 0 Å². The molecule has 3 aromatic rings. The normalized spacial score (nSPS) is 16.5. The highest BCUT2D eigenvalue weighted by atomic mass is 16.2. The van der Waals surface area contributed by atoms with Gasteiger partial charge in [0.05, 0.1) is 5.92 Å². The lowest BCUT2D eigenvalue weighted by Crippen LogP contribution is -2.50. The SMILES string of the molecule is C/C(=C\C(=O)CC(C(=O)N1CCC[C@H]1C(=O)N(c1ccccc1)c1ccccc1)C(C)(C)C)c1ccc(C)cc1. The number of likely N-dealkylation sites (tertiary alicyclic amines) is 1. The van der Waals surface area contributed by atoms with Crippen molar-refractivity contribution in [2.45, 2.75) is 59.9 Å².